The number of nitrogens with zero attached hydrogens (tertiary/aromatic N) is 2. The van der Waals surface area contributed by atoms with Crippen molar-refractivity contribution < 1.29 is 9.90 Å². The van der Waals surface area contributed by atoms with Crippen molar-refractivity contribution in [2.24, 2.45) is 0 Å². The molecule has 92 valence electrons. The molecular weight excluding hydrogens is 230 g/mol. The number of hydrogen-bond donors (Lipinski definition) is 2. The highest BCUT2D eigenvalue weighted by molar-refractivity contribution is 5.84. The number of aliphatic carboxylic acids is 1. The summed E-state index contributed by atoms with van der Waals surface area (Å²) >= 11 is 0. The zero-order chi connectivity index (χ0) is 12.6. The van der Waals surface area contributed by atoms with Gasteiger partial charge in [0.2, 0.25) is 0 Å². The van der Waals surface area contributed by atoms with Gasteiger partial charge in [0.05, 0.1) is 17.2 Å². The van der Waals surface area contributed by atoms with Crippen molar-refractivity contribution in [2.75, 3.05) is 5.32 Å². The molecule has 1 aromatic carbocycles. The van der Waals surface area contributed by atoms with Crippen LogP contribution in [-0.4, -0.2) is 26.6 Å². The number of carboxylic acid groups (broad SMARTS) is 1. The molecule has 0 saturated heterocycles. The zero-order valence-electron chi connectivity index (χ0n) is 9.76. The van der Waals surface area contributed by atoms with E-state index in [0.717, 1.165) is 17.5 Å². The molecule has 1 aliphatic carbocycles. The molecule has 2 aromatic rings. The third-order valence-corrected chi connectivity index (χ3v) is 3.43. The number of para-hydroxylation sites is 2. The molecule has 0 unspecified atom stereocenters. The van der Waals surface area contributed by atoms with Gasteiger partial charge in [0.1, 0.15) is 11.4 Å². The van der Waals surface area contributed by atoms with Gasteiger partial charge in [-0.05, 0) is 31.4 Å². The number of nitrogens with one attached hydrogen (secondary N) is 1. The summed E-state index contributed by atoms with van der Waals surface area (Å²) in [5.74, 6) is -0.292. The van der Waals surface area contributed by atoms with Crippen LogP contribution in [0.4, 0.5) is 5.82 Å². The van der Waals surface area contributed by atoms with Crippen molar-refractivity contribution in [1.29, 1.82) is 0 Å². The second-order valence-corrected chi connectivity index (χ2v) is 4.61. The molecule has 0 radical (unpaired) electrons. The molecule has 1 aromatic heterocycles. The summed E-state index contributed by atoms with van der Waals surface area (Å²) in [6.45, 7) is 0. The molecule has 2 N–H and O–H groups in total. The molecule has 0 spiro atoms. The van der Waals surface area contributed by atoms with Crippen LogP contribution in [0, 0.1) is 0 Å². The largest absolute Gasteiger partial charge is 0.480 e. The number of carbonyl (C=O) groups is 1. The van der Waals surface area contributed by atoms with E-state index in [-0.39, 0.29) is 0 Å². The number of anilines is 1. The van der Waals surface area contributed by atoms with E-state index < -0.39 is 11.5 Å². The van der Waals surface area contributed by atoms with E-state index in [1.165, 1.54) is 0 Å². The predicted molar refractivity (Wildman–Crippen MR) is 67.4 cm³/mol. The molecule has 1 aliphatic rings. The van der Waals surface area contributed by atoms with Gasteiger partial charge < -0.3 is 10.4 Å². The molecule has 1 heterocycles. The van der Waals surface area contributed by atoms with E-state index in [9.17, 15) is 9.90 Å². The summed E-state index contributed by atoms with van der Waals surface area (Å²) in [7, 11) is 0. The SMILES string of the molecule is O=C(O)C1(Nc2cnc3ccccc3n2)CCC1. The van der Waals surface area contributed by atoms with E-state index in [4.69, 9.17) is 0 Å². The average Bonchev–Trinajstić information content (AvgIpc) is 2.33. The maximum absolute atomic E-state index is 11.3. The van der Waals surface area contributed by atoms with Gasteiger partial charge in [0, 0.05) is 0 Å². The summed E-state index contributed by atoms with van der Waals surface area (Å²) in [6, 6.07) is 7.52. The molecule has 3 rings (SSSR count). The number of fused-ring (bicyclic) bond motifs is 1. The van der Waals surface area contributed by atoms with Crippen molar-refractivity contribution in [2.45, 2.75) is 24.8 Å². The monoisotopic (exact) mass is 243 g/mol. The molecule has 0 amide bonds. The Morgan fingerprint density at radius 2 is 2.00 bits per heavy atom. The first-order valence-corrected chi connectivity index (χ1v) is 5.93. The minimum atomic E-state index is -0.850. The van der Waals surface area contributed by atoms with Gasteiger partial charge >= 0.3 is 5.97 Å². The van der Waals surface area contributed by atoms with Crippen LogP contribution in [0.1, 0.15) is 19.3 Å². The van der Waals surface area contributed by atoms with Gasteiger partial charge in [-0.1, -0.05) is 12.1 Å². The number of carboxylic acids is 1. The van der Waals surface area contributed by atoms with E-state index in [2.05, 4.69) is 15.3 Å². The van der Waals surface area contributed by atoms with Gasteiger partial charge in [0.25, 0.3) is 0 Å². The zero-order valence-corrected chi connectivity index (χ0v) is 9.76. The first kappa shape index (κ1) is 11.0. The minimum Gasteiger partial charge on any atom is -0.480 e. The maximum Gasteiger partial charge on any atom is 0.329 e. The summed E-state index contributed by atoms with van der Waals surface area (Å²) in [4.78, 5) is 19.9. The number of benzene rings is 1. The molecule has 18 heavy (non-hydrogen) atoms. The Hall–Kier alpha value is -2.17. The number of rotatable bonds is 3. The Bertz CT molecular complexity index is 608. The highest BCUT2D eigenvalue weighted by Gasteiger charge is 2.44. The summed E-state index contributed by atoms with van der Waals surface area (Å²) in [6.07, 6.45) is 3.79. The van der Waals surface area contributed by atoms with E-state index >= 15 is 0 Å². The first-order valence-electron chi connectivity index (χ1n) is 5.93. The molecule has 0 aliphatic heterocycles. The molecule has 5 nitrogen and oxygen atoms in total. The van der Waals surface area contributed by atoms with Crippen LogP contribution in [0.2, 0.25) is 0 Å². The number of hydrogen-bond acceptors (Lipinski definition) is 4. The lowest BCUT2D eigenvalue weighted by molar-refractivity contribution is -0.145. The van der Waals surface area contributed by atoms with Crippen LogP contribution >= 0.6 is 0 Å². The Balaban J connectivity index is 1.93. The summed E-state index contributed by atoms with van der Waals surface area (Å²) < 4.78 is 0. The third-order valence-electron chi connectivity index (χ3n) is 3.43. The lowest BCUT2D eigenvalue weighted by Crippen LogP contribution is -2.52. The van der Waals surface area contributed by atoms with Crippen LogP contribution < -0.4 is 5.32 Å². The van der Waals surface area contributed by atoms with E-state index in [1.54, 1.807) is 6.20 Å². The molecule has 0 bridgehead atoms. The van der Waals surface area contributed by atoms with E-state index in [1.807, 2.05) is 24.3 Å². The van der Waals surface area contributed by atoms with Gasteiger partial charge in [-0.3, -0.25) is 4.98 Å². The lowest BCUT2D eigenvalue weighted by atomic mass is 9.77. The minimum absolute atomic E-state index is 0.524. The molecular formula is C13H13N3O2. The van der Waals surface area contributed by atoms with Crippen LogP contribution in [0.25, 0.3) is 11.0 Å². The van der Waals surface area contributed by atoms with Crippen molar-refractivity contribution in [3.63, 3.8) is 0 Å². The Kier molecular flexibility index (Phi) is 2.40. The quantitative estimate of drug-likeness (QED) is 0.862. The van der Waals surface area contributed by atoms with E-state index in [0.29, 0.717) is 18.7 Å². The maximum atomic E-state index is 11.3. The van der Waals surface area contributed by atoms with Crippen molar-refractivity contribution in [3.8, 4) is 0 Å². The fourth-order valence-corrected chi connectivity index (χ4v) is 2.19. The second-order valence-electron chi connectivity index (χ2n) is 4.61. The predicted octanol–water partition coefficient (Wildman–Crippen LogP) is 2.05. The molecule has 0 atom stereocenters. The first-order chi connectivity index (χ1) is 8.70. The Morgan fingerprint density at radius 3 is 2.61 bits per heavy atom. The van der Waals surface area contributed by atoms with Gasteiger partial charge in [-0.2, -0.15) is 0 Å². The second kappa shape index (κ2) is 3.94. The highest BCUT2D eigenvalue weighted by atomic mass is 16.4. The third kappa shape index (κ3) is 1.68. The van der Waals surface area contributed by atoms with Gasteiger partial charge in [0.15, 0.2) is 0 Å². The summed E-state index contributed by atoms with van der Waals surface area (Å²) in [5, 5.41) is 12.3. The van der Waals surface area contributed by atoms with Crippen LogP contribution in [0.15, 0.2) is 30.5 Å². The normalized spacial score (nSPS) is 17.1. The summed E-state index contributed by atoms with van der Waals surface area (Å²) in [5.41, 5.74) is 0.723. The molecule has 1 saturated carbocycles. The van der Waals surface area contributed by atoms with Crippen molar-refractivity contribution >= 4 is 22.8 Å². The number of aromatic nitrogens is 2. The molecule has 5 heteroatoms. The fraction of sp³-hybridized carbons (Fsp3) is 0.308. The van der Waals surface area contributed by atoms with Gasteiger partial charge in [-0.15, -0.1) is 0 Å². The van der Waals surface area contributed by atoms with Crippen molar-refractivity contribution in [3.05, 3.63) is 30.5 Å². The van der Waals surface area contributed by atoms with Crippen LogP contribution in [0.3, 0.4) is 0 Å². The fourth-order valence-electron chi connectivity index (χ4n) is 2.19. The lowest BCUT2D eigenvalue weighted by Gasteiger charge is -2.38. The Morgan fingerprint density at radius 1 is 1.28 bits per heavy atom. The highest BCUT2D eigenvalue weighted by Crippen LogP contribution is 2.35. The average molecular weight is 243 g/mol. The Labute approximate surface area is 104 Å². The van der Waals surface area contributed by atoms with Gasteiger partial charge in [-0.25, -0.2) is 9.78 Å². The molecule has 1 fully saturated rings. The van der Waals surface area contributed by atoms with Crippen LogP contribution in [0.5, 0.6) is 0 Å². The van der Waals surface area contributed by atoms with Crippen molar-refractivity contribution in [1.82, 2.24) is 9.97 Å². The topological polar surface area (TPSA) is 75.1 Å². The smallest absolute Gasteiger partial charge is 0.329 e. The van der Waals surface area contributed by atoms with Crippen LogP contribution in [-0.2, 0) is 4.79 Å². The standard InChI is InChI=1S/C13H13N3O2/c17-12(18)13(6-3-7-13)16-11-8-14-9-4-1-2-5-10(9)15-11/h1-2,4-5,8H,3,6-7H2,(H,15,16)(H,17,18).